The fourth-order valence-corrected chi connectivity index (χ4v) is 3.57. The largest absolute Gasteiger partial charge is 0.461 e. The first-order valence-electron chi connectivity index (χ1n) is 9.83. The van der Waals surface area contributed by atoms with Gasteiger partial charge in [-0.25, -0.2) is 31.7 Å². The van der Waals surface area contributed by atoms with Crippen molar-refractivity contribution in [2.45, 2.75) is 45.3 Å². The molecule has 1 aliphatic heterocycles. The number of hydrogen-bond acceptors (Lipinski definition) is 5. The summed E-state index contributed by atoms with van der Waals surface area (Å²) in [5.41, 5.74) is 5.57. The predicted molar refractivity (Wildman–Crippen MR) is 101 cm³/mol. The minimum Gasteiger partial charge on any atom is -0.461 e. The van der Waals surface area contributed by atoms with Crippen molar-refractivity contribution in [2.75, 3.05) is 13.2 Å². The quantitative estimate of drug-likeness (QED) is 0.390. The second-order valence-corrected chi connectivity index (χ2v) is 7.28. The van der Waals surface area contributed by atoms with Gasteiger partial charge < -0.3 is 19.9 Å². The van der Waals surface area contributed by atoms with E-state index < -0.39 is 47.6 Å². The van der Waals surface area contributed by atoms with E-state index in [1.807, 2.05) is 0 Å². The van der Waals surface area contributed by atoms with Crippen LogP contribution in [0.5, 0.6) is 0 Å². The Hall–Kier alpha value is -3.02. The van der Waals surface area contributed by atoms with Gasteiger partial charge in [-0.2, -0.15) is 0 Å². The molecule has 0 saturated heterocycles. The molecule has 2 heterocycles. The first kappa shape index (κ1) is 23.6. The number of esters is 1. The van der Waals surface area contributed by atoms with E-state index in [2.05, 4.69) is 4.98 Å². The first-order chi connectivity index (χ1) is 15.1. The zero-order valence-electron chi connectivity index (χ0n) is 17.1. The van der Waals surface area contributed by atoms with Crippen LogP contribution >= 0.6 is 0 Å². The molecular formula is C20H21F5N4O3. The van der Waals surface area contributed by atoms with Crippen LogP contribution in [0.2, 0.25) is 0 Å². The van der Waals surface area contributed by atoms with Gasteiger partial charge >= 0.3 is 5.97 Å². The molecule has 1 aromatic carbocycles. The molecule has 0 spiro atoms. The number of nitrogens with zero attached hydrogens (tertiary/aromatic N) is 3. The Morgan fingerprint density at radius 1 is 1.16 bits per heavy atom. The average Bonchev–Trinajstić information content (AvgIpc) is 3.11. The highest BCUT2D eigenvalue weighted by Gasteiger charge is 2.33. The Bertz CT molecular complexity index is 1030. The van der Waals surface area contributed by atoms with E-state index in [1.165, 1.54) is 9.47 Å². The number of imidazole rings is 1. The third kappa shape index (κ3) is 4.90. The third-order valence-electron chi connectivity index (χ3n) is 5.06. The van der Waals surface area contributed by atoms with Gasteiger partial charge in [-0.3, -0.25) is 4.79 Å². The summed E-state index contributed by atoms with van der Waals surface area (Å²) in [5.74, 6) is -5.47. The van der Waals surface area contributed by atoms with Crippen molar-refractivity contribution >= 4 is 11.9 Å². The van der Waals surface area contributed by atoms with Crippen LogP contribution in [-0.4, -0.2) is 45.5 Å². The number of fused-ring (bicyclic) bond motifs is 1. The zero-order valence-corrected chi connectivity index (χ0v) is 17.1. The Morgan fingerprint density at radius 3 is 2.50 bits per heavy atom. The van der Waals surface area contributed by atoms with Crippen LogP contribution in [0.25, 0.3) is 0 Å². The van der Waals surface area contributed by atoms with Crippen LogP contribution in [0.1, 0.15) is 47.3 Å². The molecule has 12 heteroatoms. The summed E-state index contributed by atoms with van der Waals surface area (Å²) in [4.78, 5) is 29.8. The van der Waals surface area contributed by atoms with Gasteiger partial charge in [0.15, 0.2) is 23.2 Å². The van der Waals surface area contributed by atoms with E-state index >= 15 is 0 Å². The van der Waals surface area contributed by atoms with E-state index in [1.54, 1.807) is 6.92 Å². The van der Waals surface area contributed by atoms with Crippen LogP contribution in [0.4, 0.5) is 22.0 Å². The summed E-state index contributed by atoms with van der Waals surface area (Å²) >= 11 is 0. The number of rotatable bonds is 7. The molecule has 1 aliphatic rings. The maximum Gasteiger partial charge on any atom is 0.358 e. The molecule has 2 N–H and O–H groups in total. The van der Waals surface area contributed by atoms with Crippen molar-refractivity contribution in [3.63, 3.8) is 0 Å². The molecule has 0 saturated carbocycles. The second kappa shape index (κ2) is 9.63. The molecule has 0 bridgehead atoms. The summed E-state index contributed by atoms with van der Waals surface area (Å²) in [7, 11) is 0. The number of amides is 1. The highest BCUT2D eigenvalue weighted by Crippen LogP contribution is 2.27. The van der Waals surface area contributed by atoms with E-state index in [0.717, 1.165) is 0 Å². The fraction of sp³-hybridized carbons (Fsp3) is 0.450. The number of ether oxygens (including phenoxy) is 1. The van der Waals surface area contributed by atoms with Crippen molar-refractivity contribution in [3.05, 3.63) is 52.4 Å². The number of carbonyl (C=O) groups is 2. The van der Waals surface area contributed by atoms with Gasteiger partial charge in [0, 0.05) is 31.6 Å². The summed E-state index contributed by atoms with van der Waals surface area (Å²) < 4.78 is 73.0. The first-order valence-corrected chi connectivity index (χ1v) is 9.83. The highest BCUT2D eigenvalue weighted by molar-refractivity contribution is 5.89. The van der Waals surface area contributed by atoms with Crippen molar-refractivity contribution in [1.82, 2.24) is 14.5 Å². The lowest BCUT2D eigenvalue weighted by molar-refractivity contribution is -0.133. The minimum atomic E-state index is -2.92. The Balaban J connectivity index is 1.72. The average molecular weight is 460 g/mol. The van der Waals surface area contributed by atoms with Gasteiger partial charge in [-0.15, -0.1) is 0 Å². The zero-order chi connectivity index (χ0) is 23.6. The molecule has 3 rings (SSSR count). The molecule has 32 heavy (non-hydrogen) atoms. The lowest BCUT2D eigenvalue weighted by Gasteiger charge is -2.30. The molecule has 0 radical (unpaired) electrons. The number of nitrogens with two attached hydrogens (primary N) is 1. The molecule has 1 unspecified atom stereocenters. The summed E-state index contributed by atoms with van der Waals surface area (Å²) in [6.07, 6.45) is -3.40. The smallest absolute Gasteiger partial charge is 0.358 e. The van der Waals surface area contributed by atoms with Crippen LogP contribution in [0.15, 0.2) is 12.1 Å². The van der Waals surface area contributed by atoms with Gasteiger partial charge in [-0.1, -0.05) is 0 Å². The van der Waals surface area contributed by atoms with Crippen molar-refractivity contribution < 1.29 is 36.3 Å². The van der Waals surface area contributed by atoms with Gasteiger partial charge in [0.2, 0.25) is 5.91 Å². The van der Waals surface area contributed by atoms with Gasteiger partial charge in [-0.05, 0) is 25.0 Å². The topological polar surface area (TPSA) is 90.5 Å². The molecule has 174 valence electrons. The maximum atomic E-state index is 13.8. The third-order valence-corrected chi connectivity index (χ3v) is 5.06. The fourth-order valence-electron chi connectivity index (χ4n) is 3.57. The molecule has 1 amide bonds. The molecular weight excluding hydrogens is 439 g/mol. The monoisotopic (exact) mass is 460 g/mol. The highest BCUT2D eigenvalue weighted by atomic mass is 19.3. The number of carbonyl (C=O) groups excluding carboxylic acids is 2. The number of hydrogen-bond donors (Lipinski definition) is 1. The van der Waals surface area contributed by atoms with E-state index in [9.17, 15) is 31.5 Å². The molecule has 0 aliphatic carbocycles. The van der Waals surface area contributed by atoms with E-state index in [0.29, 0.717) is 12.1 Å². The predicted octanol–water partition coefficient (Wildman–Crippen LogP) is 2.72. The number of aromatic nitrogens is 2. The van der Waals surface area contributed by atoms with Gasteiger partial charge in [0.25, 0.3) is 6.43 Å². The second-order valence-electron chi connectivity index (χ2n) is 7.28. The molecule has 1 aromatic heterocycles. The van der Waals surface area contributed by atoms with Crippen LogP contribution in [0, 0.1) is 17.5 Å². The summed E-state index contributed by atoms with van der Waals surface area (Å²) in [6.45, 7) is 1.46. The number of alkyl halides is 2. The Labute approximate surface area is 179 Å². The maximum absolute atomic E-state index is 13.8. The van der Waals surface area contributed by atoms with Crippen LogP contribution in [-0.2, 0) is 29.0 Å². The molecule has 0 fully saturated rings. The van der Waals surface area contributed by atoms with Gasteiger partial charge in [0.05, 0.1) is 18.8 Å². The van der Waals surface area contributed by atoms with Crippen LogP contribution < -0.4 is 5.73 Å². The SMILES string of the molecule is CCOC(=O)c1nc(C(F)F)n2c1CN(C(=O)CC(N)Cc1cc(F)c(F)cc1F)CC2. The van der Waals surface area contributed by atoms with E-state index in [4.69, 9.17) is 10.5 Å². The number of benzene rings is 1. The van der Waals surface area contributed by atoms with E-state index in [-0.39, 0.29) is 56.0 Å². The standard InChI is InChI=1S/C20H21F5N4O3/c1-2-32-20(31)17-15-9-28(3-4-29(15)19(27-17)18(24)25)16(30)7-11(26)5-10-6-13(22)14(23)8-12(10)21/h6,8,11,18H,2-5,7,9,26H2,1H3. The number of halogens is 5. The van der Waals surface area contributed by atoms with Crippen molar-refractivity contribution in [3.8, 4) is 0 Å². The summed E-state index contributed by atoms with van der Waals surface area (Å²) in [5, 5.41) is 0. The Kier molecular flexibility index (Phi) is 7.12. The van der Waals surface area contributed by atoms with Crippen LogP contribution in [0.3, 0.4) is 0 Å². The normalized spacial score (nSPS) is 14.4. The lowest BCUT2D eigenvalue weighted by atomic mass is 10.0. The molecule has 2 aromatic rings. The molecule has 1 atom stereocenters. The minimum absolute atomic E-state index is 0.0137. The van der Waals surface area contributed by atoms with Crippen molar-refractivity contribution in [1.29, 1.82) is 0 Å². The Morgan fingerprint density at radius 2 is 1.84 bits per heavy atom. The van der Waals surface area contributed by atoms with Crippen molar-refractivity contribution in [2.24, 2.45) is 5.73 Å². The summed E-state index contributed by atoms with van der Waals surface area (Å²) in [6, 6.07) is 0.184. The molecule has 7 nitrogen and oxygen atoms in total. The lowest BCUT2D eigenvalue weighted by Crippen LogP contribution is -2.42. The van der Waals surface area contributed by atoms with Gasteiger partial charge in [0.1, 0.15) is 5.82 Å².